The van der Waals surface area contributed by atoms with Crippen molar-refractivity contribution in [3.05, 3.63) is 11.6 Å². The zero-order valence-electron chi connectivity index (χ0n) is 12.2. The minimum Gasteiger partial charge on any atom is -0.396 e. The molecule has 0 saturated heterocycles. The standard InChI is InChI=1S/C17H28O/c1-12-4-5-14-10-16(3)13(2)8-15(16)17(9-12,11-14)6-7-18/h10,12-13,15,18H,4-9,11H2,1-3H3. The average molecular weight is 248 g/mol. The molecule has 1 nitrogen and oxygen atoms in total. The van der Waals surface area contributed by atoms with Crippen LogP contribution >= 0.6 is 0 Å². The lowest BCUT2D eigenvalue weighted by molar-refractivity contribution is -0.102. The van der Waals surface area contributed by atoms with Gasteiger partial charge in [0, 0.05) is 6.61 Å². The molecule has 5 unspecified atom stereocenters. The summed E-state index contributed by atoms with van der Waals surface area (Å²) in [6, 6.07) is 0. The molecular formula is C17H28O. The smallest absolute Gasteiger partial charge is 0.0436 e. The fourth-order valence-electron chi connectivity index (χ4n) is 5.45. The van der Waals surface area contributed by atoms with Gasteiger partial charge in [0.15, 0.2) is 0 Å². The number of hydrogen-bond acceptors (Lipinski definition) is 1. The molecule has 3 rings (SSSR count). The highest BCUT2D eigenvalue weighted by Crippen LogP contribution is 2.67. The molecule has 5 atom stereocenters. The van der Waals surface area contributed by atoms with Gasteiger partial charge in [-0.05, 0) is 67.1 Å². The van der Waals surface area contributed by atoms with Gasteiger partial charge in [-0.25, -0.2) is 0 Å². The van der Waals surface area contributed by atoms with E-state index >= 15 is 0 Å². The Bertz CT molecular complexity index is 372. The SMILES string of the molecule is CC1CCC2=CC3(C)C(C)CC3C(CCO)(C2)C1. The van der Waals surface area contributed by atoms with Crippen LogP contribution in [-0.2, 0) is 0 Å². The second-order valence-electron chi connectivity index (χ2n) is 7.72. The molecule has 2 bridgehead atoms. The van der Waals surface area contributed by atoms with Gasteiger partial charge >= 0.3 is 0 Å². The molecule has 0 aromatic heterocycles. The Morgan fingerprint density at radius 3 is 2.83 bits per heavy atom. The molecule has 1 heteroatoms. The van der Waals surface area contributed by atoms with Crippen LogP contribution < -0.4 is 0 Å². The second kappa shape index (κ2) is 4.10. The molecule has 102 valence electrons. The molecule has 1 N–H and O–H groups in total. The highest BCUT2D eigenvalue weighted by atomic mass is 16.3. The number of allylic oxidation sites excluding steroid dienone is 2. The number of aliphatic hydroxyl groups is 1. The van der Waals surface area contributed by atoms with Gasteiger partial charge in [-0.3, -0.25) is 0 Å². The van der Waals surface area contributed by atoms with Crippen LogP contribution in [0.3, 0.4) is 0 Å². The maximum absolute atomic E-state index is 9.56. The van der Waals surface area contributed by atoms with E-state index in [2.05, 4.69) is 26.8 Å². The van der Waals surface area contributed by atoms with Crippen molar-refractivity contribution < 1.29 is 5.11 Å². The van der Waals surface area contributed by atoms with Crippen LogP contribution in [0.15, 0.2) is 11.6 Å². The van der Waals surface area contributed by atoms with Crippen molar-refractivity contribution in [2.45, 2.75) is 59.3 Å². The maximum Gasteiger partial charge on any atom is 0.0436 e. The summed E-state index contributed by atoms with van der Waals surface area (Å²) >= 11 is 0. The van der Waals surface area contributed by atoms with Crippen LogP contribution in [-0.4, -0.2) is 11.7 Å². The van der Waals surface area contributed by atoms with E-state index in [1.165, 1.54) is 32.1 Å². The Labute approximate surface area is 112 Å². The monoisotopic (exact) mass is 248 g/mol. The Balaban J connectivity index is 2.01. The Morgan fingerprint density at radius 2 is 2.17 bits per heavy atom. The van der Waals surface area contributed by atoms with Crippen molar-refractivity contribution in [1.82, 2.24) is 0 Å². The Hall–Kier alpha value is -0.300. The third-order valence-electron chi connectivity index (χ3n) is 6.56. The van der Waals surface area contributed by atoms with E-state index in [1.54, 1.807) is 5.57 Å². The van der Waals surface area contributed by atoms with Crippen LogP contribution in [0, 0.1) is 28.6 Å². The number of fused-ring (bicyclic) bond motifs is 4. The van der Waals surface area contributed by atoms with Crippen LogP contribution in [0.25, 0.3) is 0 Å². The van der Waals surface area contributed by atoms with Crippen molar-refractivity contribution in [3.63, 3.8) is 0 Å². The normalized spacial score (nSPS) is 50.9. The average Bonchev–Trinajstić information content (AvgIpc) is 2.44. The van der Waals surface area contributed by atoms with Crippen LogP contribution in [0.4, 0.5) is 0 Å². The van der Waals surface area contributed by atoms with Crippen LogP contribution in [0.2, 0.25) is 0 Å². The van der Waals surface area contributed by atoms with Crippen molar-refractivity contribution in [1.29, 1.82) is 0 Å². The van der Waals surface area contributed by atoms with E-state index < -0.39 is 0 Å². The zero-order valence-corrected chi connectivity index (χ0v) is 12.2. The first-order valence-electron chi connectivity index (χ1n) is 7.82. The topological polar surface area (TPSA) is 20.2 Å². The molecule has 0 aromatic carbocycles. The number of rotatable bonds is 2. The third-order valence-corrected chi connectivity index (χ3v) is 6.56. The summed E-state index contributed by atoms with van der Waals surface area (Å²) in [7, 11) is 0. The molecule has 0 aromatic rings. The third kappa shape index (κ3) is 1.62. The van der Waals surface area contributed by atoms with Crippen molar-refractivity contribution in [3.8, 4) is 0 Å². The lowest BCUT2D eigenvalue weighted by atomic mass is 9.41. The predicted octanol–water partition coefficient (Wildman–Crippen LogP) is 4.17. The van der Waals surface area contributed by atoms with Crippen LogP contribution in [0.1, 0.15) is 59.3 Å². The lowest BCUT2D eigenvalue weighted by Gasteiger charge is -2.63. The molecule has 0 amide bonds. The van der Waals surface area contributed by atoms with E-state index in [0.717, 1.165) is 24.2 Å². The molecule has 3 aliphatic rings. The minimum absolute atomic E-state index is 0.376. The van der Waals surface area contributed by atoms with Crippen molar-refractivity contribution >= 4 is 0 Å². The highest BCUT2D eigenvalue weighted by molar-refractivity contribution is 5.26. The molecule has 2 saturated carbocycles. The first-order valence-corrected chi connectivity index (χ1v) is 7.82. The number of aliphatic hydroxyl groups excluding tert-OH is 1. The van der Waals surface area contributed by atoms with E-state index in [4.69, 9.17) is 0 Å². The zero-order chi connectivity index (χ0) is 13.0. The highest BCUT2D eigenvalue weighted by Gasteiger charge is 2.59. The minimum atomic E-state index is 0.376. The van der Waals surface area contributed by atoms with E-state index in [1.807, 2.05) is 0 Å². The Kier molecular flexibility index (Phi) is 2.89. The molecule has 0 aliphatic heterocycles. The van der Waals surface area contributed by atoms with Gasteiger partial charge in [-0.15, -0.1) is 0 Å². The molecule has 0 radical (unpaired) electrons. The van der Waals surface area contributed by atoms with Gasteiger partial charge in [0.2, 0.25) is 0 Å². The maximum atomic E-state index is 9.56. The van der Waals surface area contributed by atoms with Crippen molar-refractivity contribution in [2.75, 3.05) is 6.61 Å². The fraction of sp³-hybridized carbons (Fsp3) is 0.882. The second-order valence-corrected chi connectivity index (χ2v) is 7.72. The molecule has 0 heterocycles. The lowest BCUT2D eigenvalue weighted by Crippen LogP contribution is -2.55. The van der Waals surface area contributed by atoms with Gasteiger partial charge in [0.05, 0.1) is 0 Å². The predicted molar refractivity (Wildman–Crippen MR) is 75.2 cm³/mol. The molecular weight excluding hydrogens is 220 g/mol. The first-order chi connectivity index (χ1) is 8.50. The summed E-state index contributed by atoms with van der Waals surface area (Å²) in [6.45, 7) is 7.69. The van der Waals surface area contributed by atoms with E-state index in [0.29, 0.717) is 17.4 Å². The molecule has 0 spiro atoms. The van der Waals surface area contributed by atoms with Gasteiger partial charge in [0.1, 0.15) is 0 Å². The van der Waals surface area contributed by atoms with Gasteiger partial charge < -0.3 is 5.11 Å². The first kappa shape index (κ1) is 12.7. The van der Waals surface area contributed by atoms with Gasteiger partial charge in [-0.2, -0.15) is 0 Å². The van der Waals surface area contributed by atoms with E-state index in [-0.39, 0.29) is 0 Å². The summed E-state index contributed by atoms with van der Waals surface area (Å²) in [6.07, 6.45) is 10.3. The van der Waals surface area contributed by atoms with E-state index in [9.17, 15) is 5.11 Å². The Morgan fingerprint density at radius 1 is 1.39 bits per heavy atom. The summed E-state index contributed by atoms with van der Waals surface area (Å²) in [5, 5.41) is 9.56. The summed E-state index contributed by atoms with van der Waals surface area (Å²) < 4.78 is 0. The number of hydrogen-bond donors (Lipinski definition) is 1. The molecule has 3 aliphatic carbocycles. The summed E-state index contributed by atoms with van der Waals surface area (Å²) in [5.41, 5.74) is 2.57. The van der Waals surface area contributed by atoms with Crippen LogP contribution in [0.5, 0.6) is 0 Å². The molecule has 2 fully saturated rings. The molecule has 18 heavy (non-hydrogen) atoms. The quantitative estimate of drug-likeness (QED) is 0.727. The van der Waals surface area contributed by atoms with Crippen molar-refractivity contribution in [2.24, 2.45) is 28.6 Å². The van der Waals surface area contributed by atoms with Gasteiger partial charge in [-0.1, -0.05) is 32.4 Å². The summed E-state index contributed by atoms with van der Waals surface area (Å²) in [4.78, 5) is 0. The summed E-state index contributed by atoms with van der Waals surface area (Å²) in [5.74, 6) is 2.50. The fourth-order valence-corrected chi connectivity index (χ4v) is 5.45. The largest absolute Gasteiger partial charge is 0.396 e. The van der Waals surface area contributed by atoms with Gasteiger partial charge in [0.25, 0.3) is 0 Å².